The Morgan fingerprint density at radius 1 is 0.867 bits per heavy atom. The van der Waals surface area contributed by atoms with E-state index >= 15 is 0 Å². The van der Waals surface area contributed by atoms with Crippen LogP contribution in [-0.4, -0.2) is 60.6 Å². The summed E-state index contributed by atoms with van der Waals surface area (Å²) < 4.78 is 8.97. The Balaban J connectivity index is 1.39. The predicted octanol–water partition coefficient (Wildman–Crippen LogP) is 5.57. The second-order valence-corrected chi connectivity index (χ2v) is 17.4. The summed E-state index contributed by atoms with van der Waals surface area (Å²) in [6.07, 6.45) is 3.48. The molecule has 0 saturated carbocycles. The summed E-state index contributed by atoms with van der Waals surface area (Å²) in [4.78, 5) is 29.4. The Labute approximate surface area is 268 Å². The second-order valence-electron chi connectivity index (χ2n) is 13.1. The molecule has 0 bridgehead atoms. The van der Waals surface area contributed by atoms with Gasteiger partial charge in [0.1, 0.15) is 6.04 Å². The van der Waals surface area contributed by atoms with Gasteiger partial charge in [0, 0.05) is 31.0 Å². The van der Waals surface area contributed by atoms with Crippen LogP contribution in [0.3, 0.4) is 0 Å². The van der Waals surface area contributed by atoms with Crippen LogP contribution in [0.15, 0.2) is 91.0 Å². The predicted molar refractivity (Wildman–Crippen MR) is 183 cm³/mol. The van der Waals surface area contributed by atoms with Gasteiger partial charge in [-0.2, -0.15) is 5.10 Å². The van der Waals surface area contributed by atoms with E-state index in [4.69, 9.17) is 4.43 Å². The molecule has 8 heteroatoms. The Bertz CT molecular complexity index is 1530. The van der Waals surface area contributed by atoms with Crippen LogP contribution in [-0.2, 0) is 9.22 Å². The van der Waals surface area contributed by atoms with Gasteiger partial charge in [-0.25, -0.2) is 4.68 Å². The zero-order chi connectivity index (χ0) is 32.0. The topological polar surface area (TPSA) is 76.5 Å². The van der Waals surface area contributed by atoms with Crippen molar-refractivity contribution >= 4 is 30.5 Å². The van der Waals surface area contributed by atoms with E-state index in [1.807, 2.05) is 53.8 Å². The molecule has 45 heavy (non-hydrogen) atoms. The van der Waals surface area contributed by atoms with Crippen LogP contribution in [0.2, 0.25) is 5.04 Å². The van der Waals surface area contributed by atoms with E-state index in [0.717, 1.165) is 49.4 Å². The van der Waals surface area contributed by atoms with Crippen LogP contribution in [0.4, 0.5) is 0 Å². The fraction of sp³-hybridized carbons (Fsp3) is 0.378. The summed E-state index contributed by atoms with van der Waals surface area (Å²) >= 11 is 0. The lowest BCUT2D eigenvalue weighted by atomic mass is 10.1. The molecular formula is C37H46N4O3Si. The minimum atomic E-state index is -2.78. The molecule has 1 fully saturated rings. The number of likely N-dealkylation sites (tertiary alicyclic amines) is 1. The first-order valence-electron chi connectivity index (χ1n) is 16.1. The molecular weight excluding hydrogens is 577 g/mol. The Morgan fingerprint density at radius 2 is 1.44 bits per heavy atom. The number of hydrogen-bond donors (Lipinski definition) is 1. The van der Waals surface area contributed by atoms with Crippen LogP contribution in [0.5, 0.6) is 0 Å². The maximum absolute atomic E-state index is 13.9. The number of aromatic nitrogens is 2. The maximum Gasteiger partial charge on any atom is 0.261 e. The van der Waals surface area contributed by atoms with Gasteiger partial charge in [-0.15, -0.1) is 0 Å². The molecule has 4 aromatic rings. The first kappa shape index (κ1) is 32.4. The van der Waals surface area contributed by atoms with Crippen molar-refractivity contribution in [3.05, 3.63) is 108 Å². The van der Waals surface area contributed by atoms with Gasteiger partial charge in [0.05, 0.1) is 11.4 Å². The number of piperidine rings is 1. The highest BCUT2D eigenvalue weighted by Crippen LogP contribution is 2.37. The molecule has 1 aromatic heterocycles. The maximum atomic E-state index is 13.9. The largest absolute Gasteiger partial charge is 0.407 e. The van der Waals surface area contributed by atoms with Crippen molar-refractivity contribution < 1.29 is 14.0 Å². The van der Waals surface area contributed by atoms with E-state index < -0.39 is 14.4 Å². The fourth-order valence-corrected chi connectivity index (χ4v) is 11.1. The van der Waals surface area contributed by atoms with E-state index in [1.54, 1.807) is 12.1 Å². The van der Waals surface area contributed by atoms with Crippen molar-refractivity contribution in [3.8, 4) is 5.69 Å². The Kier molecular flexibility index (Phi) is 10.0. The molecule has 3 aromatic carbocycles. The Morgan fingerprint density at radius 3 is 1.96 bits per heavy atom. The summed E-state index contributed by atoms with van der Waals surface area (Å²) in [6.45, 7) is 12.5. The van der Waals surface area contributed by atoms with Crippen LogP contribution in [0.1, 0.15) is 68.2 Å². The van der Waals surface area contributed by atoms with Crippen LogP contribution < -0.4 is 15.7 Å². The minimum Gasteiger partial charge on any atom is -0.407 e. The van der Waals surface area contributed by atoms with Gasteiger partial charge in [0.25, 0.3) is 14.2 Å². The van der Waals surface area contributed by atoms with Gasteiger partial charge in [-0.1, -0.05) is 81.4 Å². The number of carbonyl (C=O) groups excluding carboxylic acids is 2. The van der Waals surface area contributed by atoms with Crippen molar-refractivity contribution in [3.63, 3.8) is 0 Å². The summed E-state index contributed by atoms with van der Waals surface area (Å²) in [5.74, 6) is -0.302. The lowest BCUT2D eigenvalue weighted by Crippen LogP contribution is -2.66. The van der Waals surface area contributed by atoms with E-state index in [-0.39, 0.29) is 16.9 Å². The molecule has 1 saturated heterocycles. The molecule has 7 nitrogen and oxygen atoms in total. The van der Waals surface area contributed by atoms with Gasteiger partial charge in [0.15, 0.2) is 0 Å². The summed E-state index contributed by atoms with van der Waals surface area (Å²) in [7, 11) is -2.78. The molecule has 1 atom stereocenters. The summed E-state index contributed by atoms with van der Waals surface area (Å²) in [5, 5.41) is 9.84. The van der Waals surface area contributed by atoms with Crippen LogP contribution >= 0.6 is 0 Å². The third-order valence-electron chi connectivity index (χ3n) is 8.80. The molecule has 1 N–H and O–H groups in total. The zero-order valence-electron chi connectivity index (χ0n) is 27.3. The quantitative estimate of drug-likeness (QED) is 0.235. The summed E-state index contributed by atoms with van der Waals surface area (Å²) in [6, 6.07) is 29.7. The van der Waals surface area contributed by atoms with Gasteiger partial charge < -0.3 is 14.6 Å². The molecule has 1 aliphatic rings. The number of aryl methyl sites for hydroxylation is 2. The number of nitrogens with zero attached hydrogens (tertiary/aromatic N) is 3. The Hall–Kier alpha value is -4.01. The highest BCUT2D eigenvalue weighted by atomic mass is 28.4. The first-order valence-corrected chi connectivity index (χ1v) is 18.0. The van der Waals surface area contributed by atoms with E-state index in [0.29, 0.717) is 18.6 Å². The molecule has 0 radical (unpaired) electrons. The average Bonchev–Trinajstić information content (AvgIpc) is 3.40. The van der Waals surface area contributed by atoms with Gasteiger partial charge in [-0.3, -0.25) is 9.59 Å². The summed E-state index contributed by atoms with van der Waals surface area (Å²) in [5.41, 5.74) is 3.35. The van der Waals surface area contributed by atoms with Gasteiger partial charge in [-0.05, 0) is 85.3 Å². The fourth-order valence-electron chi connectivity index (χ4n) is 6.57. The lowest BCUT2D eigenvalue weighted by Gasteiger charge is -2.43. The van der Waals surface area contributed by atoms with E-state index in [2.05, 4.69) is 79.7 Å². The first-order chi connectivity index (χ1) is 21.6. The lowest BCUT2D eigenvalue weighted by molar-refractivity contribution is -0.134. The van der Waals surface area contributed by atoms with Crippen molar-refractivity contribution in [2.75, 3.05) is 19.7 Å². The van der Waals surface area contributed by atoms with Crippen molar-refractivity contribution in [1.82, 2.24) is 20.0 Å². The highest BCUT2D eigenvalue weighted by Gasteiger charge is 2.50. The molecule has 1 aliphatic heterocycles. The number of amides is 2. The monoisotopic (exact) mass is 622 g/mol. The number of carbonyl (C=O) groups is 2. The molecule has 0 aliphatic carbocycles. The van der Waals surface area contributed by atoms with Crippen molar-refractivity contribution in [2.24, 2.45) is 0 Å². The third kappa shape index (κ3) is 7.13. The second kappa shape index (κ2) is 14.0. The number of nitrogens with one attached hydrogen (secondary N) is 1. The average molecular weight is 623 g/mol. The van der Waals surface area contributed by atoms with E-state index in [1.165, 1.54) is 10.4 Å². The van der Waals surface area contributed by atoms with Gasteiger partial charge in [0.2, 0.25) is 5.91 Å². The zero-order valence-corrected chi connectivity index (χ0v) is 28.3. The van der Waals surface area contributed by atoms with Crippen LogP contribution in [0.25, 0.3) is 5.69 Å². The normalized spacial score (nSPS) is 14.6. The molecule has 2 heterocycles. The molecule has 2 amide bonds. The third-order valence-corrected chi connectivity index (χ3v) is 13.8. The number of benzene rings is 3. The van der Waals surface area contributed by atoms with Gasteiger partial charge >= 0.3 is 0 Å². The molecule has 0 spiro atoms. The smallest absolute Gasteiger partial charge is 0.261 e. The van der Waals surface area contributed by atoms with Crippen molar-refractivity contribution in [2.45, 2.75) is 71.4 Å². The van der Waals surface area contributed by atoms with E-state index in [9.17, 15) is 9.59 Å². The van der Waals surface area contributed by atoms with Crippen LogP contribution in [0, 0.1) is 13.8 Å². The SMILES string of the molecule is Cc1cc(C)n(-c2ccc(C(=O)N[C@@H](CCO[Si](c3ccccc3)(c3ccccc3)C(C)(C)C)C(=O)N3CCCCC3)cc2)n1. The molecule has 0 unspecified atom stereocenters. The minimum absolute atomic E-state index is 0.0339. The standard InChI is InChI=1S/C37H46N4O3Si/c1-28-27-29(2)41(39-28)31-21-19-30(20-22-31)35(42)38-34(36(43)40-24-13-8-14-25-40)23-26-44-45(37(3,4)5,32-15-9-6-10-16-32)33-17-11-7-12-18-33/h6-7,9-12,15-22,27,34H,8,13-14,23-26H2,1-5H3,(H,38,42)/t34-/m0/s1. The molecule has 236 valence electrons. The van der Waals surface area contributed by atoms with Crippen molar-refractivity contribution in [1.29, 1.82) is 0 Å². The molecule has 5 rings (SSSR count). The highest BCUT2D eigenvalue weighted by molar-refractivity contribution is 6.99. The number of rotatable bonds is 10. The number of hydrogen-bond acceptors (Lipinski definition) is 4.